The molecule has 19 heavy (non-hydrogen) atoms. The molecule has 0 amide bonds. The summed E-state index contributed by atoms with van der Waals surface area (Å²) < 4.78 is 12.6. The molecule has 0 aliphatic rings. The fourth-order valence-electron chi connectivity index (χ4n) is 2.14. The minimum absolute atomic E-state index is 0.0515. The van der Waals surface area contributed by atoms with Crippen LogP contribution in [-0.2, 0) is 8.23 Å². The van der Waals surface area contributed by atoms with Crippen LogP contribution in [0.4, 0.5) is 0 Å². The van der Waals surface area contributed by atoms with Gasteiger partial charge in [-0.15, -0.1) is 0 Å². The predicted molar refractivity (Wildman–Crippen MR) is 84.4 cm³/mol. The summed E-state index contributed by atoms with van der Waals surface area (Å²) in [6.07, 6.45) is 0. The molecule has 0 saturated carbocycles. The molecule has 116 valence electrons. The lowest BCUT2D eigenvalue weighted by molar-refractivity contribution is 0.282. The third-order valence-corrected chi connectivity index (χ3v) is 14.8. The van der Waals surface area contributed by atoms with Gasteiger partial charge in [-0.1, -0.05) is 0 Å². The second kappa shape index (κ2) is 8.03. The molecular formula is C11H30O5Si3. The number of rotatable bonds is 10. The lowest BCUT2D eigenvalue weighted by Crippen LogP contribution is -2.55. The first kappa shape index (κ1) is 19.5. The van der Waals surface area contributed by atoms with Crippen molar-refractivity contribution in [1.29, 1.82) is 0 Å². The van der Waals surface area contributed by atoms with Gasteiger partial charge in [-0.3, -0.25) is 0 Å². The summed E-state index contributed by atoms with van der Waals surface area (Å²) in [4.78, 5) is 0. The highest BCUT2D eigenvalue weighted by Crippen LogP contribution is 2.27. The monoisotopic (exact) mass is 326 g/mol. The molecule has 8 heteroatoms. The van der Waals surface area contributed by atoms with Gasteiger partial charge in [0.25, 0.3) is 0 Å². The second-order valence-electron chi connectivity index (χ2n) is 6.28. The van der Waals surface area contributed by atoms with Crippen molar-refractivity contribution < 1.29 is 23.5 Å². The summed E-state index contributed by atoms with van der Waals surface area (Å²) in [6.45, 7) is 10.6. The molecule has 0 heterocycles. The van der Waals surface area contributed by atoms with Crippen LogP contribution in [0.2, 0.25) is 50.9 Å². The van der Waals surface area contributed by atoms with Gasteiger partial charge in [0, 0.05) is 25.9 Å². The normalized spacial score (nSPS) is 13.9. The first-order chi connectivity index (χ1) is 8.60. The van der Waals surface area contributed by atoms with Gasteiger partial charge in [0.1, 0.15) is 0 Å². The summed E-state index contributed by atoms with van der Waals surface area (Å²) in [5.41, 5.74) is 0. The zero-order chi connectivity index (χ0) is 15.2. The van der Waals surface area contributed by atoms with E-state index in [4.69, 9.17) is 18.4 Å². The molecule has 0 spiro atoms. The summed E-state index contributed by atoms with van der Waals surface area (Å²) in [5, 5.41) is 27.5. The Kier molecular flexibility index (Phi) is 8.22. The summed E-state index contributed by atoms with van der Waals surface area (Å²) in [6, 6.07) is 1.88. The van der Waals surface area contributed by atoms with Crippen molar-refractivity contribution in [2.45, 2.75) is 50.9 Å². The lowest BCUT2D eigenvalue weighted by Gasteiger charge is -2.40. The molecule has 0 aliphatic carbocycles. The summed E-state index contributed by atoms with van der Waals surface area (Å²) in [7, 11) is -6.37. The maximum atomic E-state index is 9.26. The molecule has 0 unspecified atom stereocenters. The number of aliphatic hydroxyl groups excluding tert-OH is 3. The maximum absolute atomic E-state index is 9.26. The molecule has 0 saturated heterocycles. The van der Waals surface area contributed by atoms with Crippen LogP contribution in [0, 0.1) is 0 Å². The molecule has 0 aromatic carbocycles. The maximum Gasteiger partial charge on any atom is 0.316 e. The van der Waals surface area contributed by atoms with E-state index < -0.39 is 25.2 Å². The summed E-state index contributed by atoms with van der Waals surface area (Å²) in [5.74, 6) is 0. The highest BCUT2D eigenvalue weighted by atomic mass is 28.5. The molecular weight excluding hydrogens is 296 g/mol. The zero-order valence-electron chi connectivity index (χ0n) is 12.9. The third-order valence-electron chi connectivity index (χ3n) is 2.98. The SMILES string of the molecule is C[Si](C)(CCO)O[Si](C)(CCO)O[Si](C)(C)CCO. The Balaban J connectivity index is 4.84. The average molecular weight is 327 g/mol. The van der Waals surface area contributed by atoms with Gasteiger partial charge < -0.3 is 23.5 Å². The van der Waals surface area contributed by atoms with E-state index >= 15 is 0 Å². The van der Waals surface area contributed by atoms with Crippen molar-refractivity contribution in [2.75, 3.05) is 19.8 Å². The van der Waals surface area contributed by atoms with E-state index in [1.54, 1.807) is 0 Å². The van der Waals surface area contributed by atoms with Crippen LogP contribution in [0.1, 0.15) is 0 Å². The smallest absolute Gasteiger partial charge is 0.316 e. The van der Waals surface area contributed by atoms with Crippen molar-refractivity contribution in [3.8, 4) is 0 Å². The Morgan fingerprint density at radius 3 is 1.21 bits per heavy atom. The second-order valence-corrected chi connectivity index (χ2v) is 18.7. The van der Waals surface area contributed by atoms with E-state index in [9.17, 15) is 5.11 Å². The Labute approximate surface area is 120 Å². The fraction of sp³-hybridized carbons (Fsp3) is 1.00. The minimum atomic E-state index is -2.44. The Bertz CT molecular complexity index is 241. The molecule has 0 aromatic rings. The highest BCUT2D eigenvalue weighted by molar-refractivity contribution is 6.88. The number of hydrogen-bond acceptors (Lipinski definition) is 5. The molecule has 5 nitrogen and oxygen atoms in total. The van der Waals surface area contributed by atoms with Crippen LogP contribution in [0.15, 0.2) is 0 Å². The molecule has 0 bridgehead atoms. The molecule has 0 aliphatic heterocycles. The van der Waals surface area contributed by atoms with Crippen LogP contribution >= 0.6 is 0 Å². The first-order valence-corrected chi connectivity index (χ1v) is 15.6. The van der Waals surface area contributed by atoms with Gasteiger partial charge in [0.15, 0.2) is 16.6 Å². The van der Waals surface area contributed by atoms with Crippen molar-refractivity contribution >= 4 is 25.2 Å². The standard InChI is InChI=1S/C11H30O5Si3/c1-17(2,9-6-12)15-19(5,11-8-14)16-18(3,4)10-7-13/h12-14H,6-11H2,1-5H3. The molecule has 0 atom stereocenters. The largest absolute Gasteiger partial charge is 0.436 e. The number of aliphatic hydroxyl groups is 3. The topological polar surface area (TPSA) is 79.2 Å². The van der Waals surface area contributed by atoms with E-state index in [0.29, 0.717) is 18.1 Å². The third kappa shape index (κ3) is 8.35. The van der Waals surface area contributed by atoms with E-state index in [2.05, 4.69) is 26.2 Å². The van der Waals surface area contributed by atoms with Gasteiger partial charge in [-0.05, 0) is 44.8 Å². The van der Waals surface area contributed by atoms with Crippen LogP contribution < -0.4 is 0 Å². The van der Waals surface area contributed by atoms with Crippen molar-refractivity contribution in [1.82, 2.24) is 0 Å². The van der Waals surface area contributed by atoms with Gasteiger partial charge in [0.2, 0.25) is 0 Å². The Morgan fingerprint density at radius 2 is 0.947 bits per heavy atom. The van der Waals surface area contributed by atoms with Gasteiger partial charge >= 0.3 is 8.56 Å². The van der Waals surface area contributed by atoms with Crippen molar-refractivity contribution in [3.05, 3.63) is 0 Å². The van der Waals surface area contributed by atoms with Gasteiger partial charge in [-0.2, -0.15) is 0 Å². The molecule has 0 fully saturated rings. The van der Waals surface area contributed by atoms with Crippen molar-refractivity contribution in [2.24, 2.45) is 0 Å². The van der Waals surface area contributed by atoms with Crippen LogP contribution in [0.5, 0.6) is 0 Å². The molecule has 0 radical (unpaired) electrons. The average Bonchev–Trinajstić information content (AvgIpc) is 2.13. The van der Waals surface area contributed by atoms with Crippen LogP contribution in [-0.4, -0.2) is 60.3 Å². The summed E-state index contributed by atoms with van der Waals surface area (Å²) >= 11 is 0. The first-order valence-electron chi connectivity index (χ1n) is 6.83. The van der Waals surface area contributed by atoms with E-state index in [1.807, 2.05) is 6.55 Å². The van der Waals surface area contributed by atoms with E-state index in [-0.39, 0.29) is 19.8 Å². The fourth-order valence-corrected chi connectivity index (χ4v) is 15.1. The molecule has 3 N–H and O–H groups in total. The predicted octanol–water partition coefficient (Wildman–Crippen LogP) is 1.48. The Morgan fingerprint density at radius 1 is 0.632 bits per heavy atom. The quantitative estimate of drug-likeness (QED) is 0.530. The van der Waals surface area contributed by atoms with Gasteiger partial charge in [-0.25, -0.2) is 0 Å². The minimum Gasteiger partial charge on any atom is -0.436 e. The van der Waals surface area contributed by atoms with Crippen LogP contribution in [0.25, 0.3) is 0 Å². The molecule has 0 rings (SSSR count). The number of hydrogen-bond donors (Lipinski definition) is 3. The van der Waals surface area contributed by atoms with E-state index in [0.717, 1.165) is 0 Å². The lowest BCUT2D eigenvalue weighted by atomic mass is 10.9. The molecule has 0 aromatic heterocycles. The van der Waals surface area contributed by atoms with Gasteiger partial charge in [0.05, 0.1) is 0 Å². The van der Waals surface area contributed by atoms with E-state index in [1.165, 1.54) is 0 Å². The Hall–Kier alpha value is 0.451. The zero-order valence-corrected chi connectivity index (χ0v) is 15.9. The van der Waals surface area contributed by atoms with Crippen molar-refractivity contribution in [3.63, 3.8) is 0 Å². The highest BCUT2D eigenvalue weighted by Gasteiger charge is 2.42. The van der Waals surface area contributed by atoms with Crippen LogP contribution in [0.3, 0.4) is 0 Å².